The molecule has 498 valence electrons. The maximum Gasteiger partial charge on any atom is 0.255 e. The molecule has 0 fully saturated rings. The van der Waals surface area contributed by atoms with Crippen molar-refractivity contribution >= 4 is 56.6 Å². The number of amides is 3. The molecule has 5 aromatic heterocycles. The van der Waals surface area contributed by atoms with Crippen LogP contribution in [0.4, 0.5) is 15.8 Å². The molecule has 0 aliphatic heterocycles. The molecule has 13 aromatic rings. The van der Waals surface area contributed by atoms with Gasteiger partial charge in [0.05, 0.1) is 34.1 Å². The monoisotopic (exact) mass is 1400 g/mol. The highest BCUT2D eigenvalue weighted by Gasteiger charge is 2.15. The van der Waals surface area contributed by atoms with Crippen LogP contribution in [-0.2, 0) is 6.54 Å². The molecule has 0 saturated carbocycles. The number of hydrogen-bond donors (Lipinski definition) is 8. The normalized spacial score (nSPS) is 10.5. The number of hydrogen-bond acceptors (Lipinski definition) is 20. The van der Waals surface area contributed by atoms with Crippen LogP contribution in [-0.4, -0.2) is 134 Å². The molecule has 13 rings (SSSR count). The summed E-state index contributed by atoms with van der Waals surface area (Å²) in [5, 5.41) is 77.1. The van der Waals surface area contributed by atoms with E-state index in [0.717, 1.165) is 67.1 Å². The summed E-state index contributed by atoms with van der Waals surface area (Å²) in [7, 11) is 0. The van der Waals surface area contributed by atoms with Crippen LogP contribution < -0.4 is 25.4 Å². The van der Waals surface area contributed by atoms with Gasteiger partial charge in [-0.1, -0.05) is 118 Å². The zero-order valence-electron chi connectivity index (χ0n) is 53.5. The number of nitrogens with zero attached hydrogens (tertiary/aromatic N) is 15. The second kappa shape index (κ2) is 35.4. The topological polar surface area (TPSA) is 378 Å². The van der Waals surface area contributed by atoms with E-state index in [9.17, 15) is 18.8 Å². The van der Waals surface area contributed by atoms with Crippen molar-refractivity contribution in [3.63, 3.8) is 0 Å². The number of nitrogens with one attached hydrogen (secondary N) is 8. The van der Waals surface area contributed by atoms with Gasteiger partial charge in [0.25, 0.3) is 17.7 Å². The fourth-order valence-electron chi connectivity index (χ4n) is 8.42. The second-order valence-electron chi connectivity index (χ2n) is 22.0. The van der Waals surface area contributed by atoms with Gasteiger partial charge in [-0.15, -0.1) is 51.0 Å². The summed E-state index contributed by atoms with van der Waals surface area (Å²) in [6.07, 6.45) is 0. The van der Waals surface area contributed by atoms with Gasteiger partial charge in [-0.25, -0.2) is 4.39 Å². The first-order chi connectivity index (χ1) is 47.5. The van der Waals surface area contributed by atoms with Crippen molar-refractivity contribution in [2.24, 2.45) is 11.8 Å². The van der Waals surface area contributed by atoms with E-state index in [0.29, 0.717) is 81.5 Å². The summed E-state index contributed by atoms with van der Waals surface area (Å²) >= 11 is 9.58. The Morgan fingerprint density at radius 2 is 0.847 bits per heavy atom. The molecule has 0 aliphatic rings. The lowest BCUT2D eigenvalue weighted by Crippen LogP contribution is -2.22. The third-order valence-electron chi connectivity index (χ3n) is 13.4. The van der Waals surface area contributed by atoms with Gasteiger partial charge in [0.2, 0.25) is 29.1 Å². The molecular formula is C67H64BrClFN23O5. The molecular weight excluding hydrogens is 1340 g/mol. The summed E-state index contributed by atoms with van der Waals surface area (Å²) < 4.78 is 25.9. The number of aromatic nitrogens is 20. The van der Waals surface area contributed by atoms with Crippen LogP contribution in [0, 0.1) is 31.5 Å². The maximum absolute atomic E-state index is 13.7. The predicted molar refractivity (Wildman–Crippen MR) is 367 cm³/mol. The van der Waals surface area contributed by atoms with E-state index in [1.54, 1.807) is 97.9 Å². The highest BCUT2D eigenvalue weighted by Crippen LogP contribution is 2.30. The zero-order chi connectivity index (χ0) is 69.2. The van der Waals surface area contributed by atoms with E-state index < -0.39 is 5.82 Å². The van der Waals surface area contributed by atoms with Crippen LogP contribution in [0.3, 0.4) is 0 Å². The zero-order valence-corrected chi connectivity index (χ0v) is 55.8. The SMILES string of the molecule is CC(C)COc1ccc(-c2nn[nH]n2)cc1.CC(C)COc1ccc(-c2nn[nH]n2)cc1Br.Cc1ccc(NC(=O)c2ccc(-c3nn[nH]n3)cc2)c(Cl)c1.Cc1ccc(NC(=O)c2ccc(-c3nn[nH]n3)cc2)c(F)c1.O=C(NCc1ccccc1)c1ccc(-c2nn[nH]n2)cc1. The molecule has 31 heteroatoms. The number of carbonyl (C=O) groups is 3. The fourth-order valence-corrected chi connectivity index (χ4v) is 9.20. The lowest BCUT2D eigenvalue weighted by atomic mass is 10.1. The van der Waals surface area contributed by atoms with Gasteiger partial charge < -0.3 is 25.4 Å². The first-order valence-electron chi connectivity index (χ1n) is 30.1. The minimum Gasteiger partial charge on any atom is -0.493 e. The number of tetrazole rings is 5. The number of aryl methyl sites for hydroxylation is 2. The molecule has 0 bridgehead atoms. The highest BCUT2D eigenvalue weighted by molar-refractivity contribution is 9.10. The van der Waals surface area contributed by atoms with Crippen LogP contribution in [0.15, 0.2) is 186 Å². The van der Waals surface area contributed by atoms with Crippen molar-refractivity contribution < 1.29 is 28.2 Å². The van der Waals surface area contributed by atoms with E-state index in [4.69, 9.17) is 21.1 Å². The predicted octanol–water partition coefficient (Wildman–Crippen LogP) is 12.0. The Morgan fingerprint density at radius 3 is 1.26 bits per heavy atom. The number of rotatable bonds is 18. The van der Waals surface area contributed by atoms with Crippen molar-refractivity contribution in [2.75, 3.05) is 23.8 Å². The molecule has 28 nitrogen and oxygen atoms in total. The van der Waals surface area contributed by atoms with E-state index in [1.165, 1.54) is 12.1 Å². The van der Waals surface area contributed by atoms with Gasteiger partial charge in [0.1, 0.15) is 17.3 Å². The minimum atomic E-state index is -0.461. The molecule has 0 saturated heterocycles. The number of carbonyl (C=O) groups excluding carboxylic acids is 3. The third kappa shape index (κ3) is 21.2. The summed E-state index contributed by atoms with van der Waals surface area (Å²) in [6.45, 7) is 14.1. The number of ether oxygens (including phenoxy) is 2. The second-order valence-corrected chi connectivity index (χ2v) is 23.3. The van der Waals surface area contributed by atoms with E-state index in [2.05, 4.69) is 163 Å². The molecule has 5 heterocycles. The van der Waals surface area contributed by atoms with Crippen molar-refractivity contribution in [1.29, 1.82) is 0 Å². The summed E-state index contributed by atoms with van der Waals surface area (Å²) in [5.41, 5.74) is 9.27. The van der Waals surface area contributed by atoms with Gasteiger partial charge in [-0.2, -0.15) is 26.1 Å². The van der Waals surface area contributed by atoms with Crippen molar-refractivity contribution in [3.8, 4) is 68.4 Å². The van der Waals surface area contributed by atoms with Crippen LogP contribution in [0.5, 0.6) is 11.5 Å². The van der Waals surface area contributed by atoms with Gasteiger partial charge in [-0.3, -0.25) is 14.4 Å². The first-order valence-corrected chi connectivity index (χ1v) is 31.3. The number of halogens is 3. The number of H-pyrrole nitrogens is 5. The van der Waals surface area contributed by atoms with Crippen molar-refractivity contribution in [3.05, 3.63) is 231 Å². The molecule has 0 unspecified atom stereocenters. The molecule has 3 amide bonds. The maximum atomic E-state index is 13.7. The third-order valence-corrected chi connectivity index (χ3v) is 14.4. The average molecular weight is 1410 g/mol. The Hall–Kier alpha value is -12.2. The molecule has 0 atom stereocenters. The van der Waals surface area contributed by atoms with Gasteiger partial charge in [-0.05, 0) is 187 Å². The number of anilines is 2. The molecule has 0 aliphatic carbocycles. The largest absolute Gasteiger partial charge is 0.493 e. The average Bonchev–Trinajstić information content (AvgIpc) is 1.12. The van der Waals surface area contributed by atoms with Crippen LogP contribution in [0.1, 0.15) is 75.5 Å². The first kappa shape index (κ1) is 70.1. The molecule has 8 aromatic carbocycles. The standard InChI is InChI=1S/C15H12ClN5O.C15H12FN5O.C15H13N5O.C11H13BrN4O.C11H14N4O/c2*1-9-2-7-13(12(16)8-9)17-15(22)11-5-3-10(4-6-11)14-18-20-21-19-14;21-15(16-10-11-4-2-1-3-5-11)13-8-6-12(7-9-13)14-17-19-20-18-14;1-7(2)6-17-10-4-3-8(5-9(10)12)11-13-15-16-14-11;1-8(2)7-16-10-5-3-9(4-6-10)11-12-14-15-13-11/h2*2-8H,1H3,(H,17,22)(H,18,19,20,21);1-9H,10H2,(H,16,21)(H,17,18,19,20);3-5,7H,6H2,1-2H3,(H,13,14,15,16);3-6,8H,7H2,1-2H3,(H,12,13,14,15). The van der Waals surface area contributed by atoms with Crippen molar-refractivity contribution in [1.82, 2.24) is 108 Å². The molecule has 0 radical (unpaired) electrons. The molecule has 0 spiro atoms. The Balaban J connectivity index is 0.000000144. The quantitative estimate of drug-likeness (QED) is 0.0395. The van der Waals surface area contributed by atoms with E-state index in [1.807, 2.05) is 85.8 Å². The molecule has 98 heavy (non-hydrogen) atoms. The number of benzene rings is 8. The van der Waals surface area contributed by atoms with Crippen LogP contribution >= 0.6 is 27.5 Å². The smallest absolute Gasteiger partial charge is 0.255 e. The summed E-state index contributed by atoms with van der Waals surface area (Å²) in [6, 6.07) is 53.9. The number of aromatic amines is 5. The van der Waals surface area contributed by atoms with E-state index >= 15 is 0 Å². The Bertz CT molecular complexity index is 4420. The fraction of sp³-hybridized carbons (Fsp3) is 0.164. The lowest BCUT2D eigenvalue weighted by molar-refractivity contribution is 0.0949. The van der Waals surface area contributed by atoms with Gasteiger partial charge in [0, 0.05) is 51.1 Å². The van der Waals surface area contributed by atoms with Gasteiger partial charge >= 0.3 is 0 Å². The Kier molecular flexibility index (Phi) is 25.3. The Labute approximate surface area is 573 Å². The van der Waals surface area contributed by atoms with Crippen LogP contribution in [0.25, 0.3) is 56.9 Å². The lowest BCUT2D eigenvalue weighted by Gasteiger charge is -2.10. The van der Waals surface area contributed by atoms with Gasteiger partial charge in [0.15, 0.2) is 0 Å². The Morgan fingerprint density at radius 1 is 0.459 bits per heavy atom. The minimum absolute atomic E-state index is 0.112. The molecule has 8 N–H and O–H groups in total. The summed E-state index contributed by atoms with van der Waals surface area (Å²) in [5.74, 6) is 4.11. The highest BCUT2D eigenvalue weighted by atomic mass is 79.9. The van der Waals surface area contributed by atoms with Crippen LogP contribution in [0.2, 0.25) is 5.02 Å². The van der Waals surface area contributed by atoms with Crippen molar-refractivity contribution in [2.45, 2.75) is 48.1 Å². The van der Waals surface area contributed by atoms with E-state index in [-0.39, 0.29) is 23.4 Å². The summed E-state index contributed by atoms with van der Waals surface area (Å²) in [4.78, 5) is 36.4.